The molecule has 0 spiro atoms. The second-order valence-electron chi connectivity index (χ2n) is 7.13. The molecule has 0 radical (unpaired) electrons. The Morgan fingerprint density at radius 2 is 1.79 bits per heavy atom. The number of benzene rings is 2. The summed E-state index contributed by atoms with van der Waals surface area (Å²) in [5.41, 5.74) is 2.04. The zero-order chi connectivity index (χ0) is 20.1. The Morgan fingerprint density at radius 1 is 1.04 bits per heavy atom. The molecule has 0 aliphatic heterocycles. The summed E-state index contributed by atoms with van der Waals surface area (Å²) >= 11 is 1.60. The maximum absolute atomic E-state index is 13.1. The molecule has 0 aliphatic rings. The van der Waals surface area contributed by atoms with Gasteiger partial charge in [0.1, 0.15) is 11.2 Å². The first-order valence-corrected chi connectivity index (χ1v) is 11.1. The number of carboxylic acid groups (broad SMARTS) is 1. The van der Waals surface area contributed by atoms with Gasteiger partial charge in [-0.3, -0.25) is 4.79 Å². The van der Waals surface area contributed by atoms with Crippen molar-refractivity contribution in [1.29, 1.82) is 0 Å². The molecule has 0 bridgehead atoms. The molecule has 148 valence electrons. The highest BCUT2D eigenvalue weighted by atomic mass is 32.2. The summed E-state index contributed by atoms with van der Waals surface area (Å²) in [5, 5.41) is 10.1. The lowest BCUT2D eigenvalue weighted by Crippen LogP contribution is -2.06. The summed E-state index contributed by atoms with van der Waals surface area (Å²) in [5.74, 6) is -1.05. The van der Waals surface area contributed by atoms with Crippen LogP contribution in [0.25, 0.3) is 21.9 Å². The molecule has 0 fully saturated rings. The Balaban J connectivity index is 2.01. The lowest BCUT2D eigenvalue weighted by atomic mass is 10.0. The molecule has 0 atom stereocenters. The van der Waals surface area contributed by atoms with E-state index in [2.05, 4.69) is 13.0 Å². The molecule has 0 unspecified atom stereocenters. The average molecular weight is 399 g/mol. The smallest absolute Gasteiger partial charge is 0.335 e. The number of unbranched alkanes of at least 4 members (excludes halogenated alkanes) is 5. The van der Waals surface area contributed by atoms with Gasteiger partial charge in [0.15, 0.2) is 0 Å². The van der Waals surface area contributed by atoms with Gasteiger partial charge >= 0.3 is 5.97 Å². The fourth-order valence-electron chi connectivity index (χ4n) is 3.53. The number of fused-ring (bicyclic) bond motifs is 2. The van der Waals surface area contributed by atoms with Gasteiger partial charge in [0, 0.05) is 4.90 Å². The van der Waals surface area contributed by atoms with Crippen LogP contribution in [0.5, 0.6) is 0 Å². The number of aromatic carboxylic acids is 1. The Kier molecular flexibility index (Phi) is 6.79. The third-order valence-corrected chi connectivity index (χ3v) is 5.81. The largest absolute Gasteiger partial charge is 0.478 e. The van der Waals surface area contributed by atoms with E-state index in [1.54, 1.807) is 17.8 Å². The molecule has 1 heterocycles. The molecule has 0 aliphatic carbocycles. The summed E-state index contributed by atoms with van der Waals surface area (Å²) < 4.78 is 6.09. The van der Waals surface area contributed by atoms with Gasteiger partial charge in [-0.05, 0) is 55.0 Å². The number of carbonyl (C=O) groups is 1. The first-order valence-electron chi connectivity index (χ1n) is 9.86. The molecule has 4 nitrogen and oxygen atoms in total. The number of carboxylic acids is 1. The lowest BCUT2D eigenvalue weighted by Gasteiger charge is -2.10. The van der Waals surface area contributed by atoms with Crippen molar-refractivity contribution in [3.05, 3.63) is 51.7 Å². The van der Waals surface area contributed by atoms with Gasteiger partial charge in [-0.2, -0.15) is 0 Å². The van der Waals surface area contributed by atoms with Crippen LogP contribution in [0.2, 0.25) is 0 Å². The number of thioether (sulfide) groups is 1. The predicted octanol–water partition coefficient (Wildman–Crippen LogP) is 6.27. The molecule has 3 aromatic rings. The fourth-order valence-corrected chi connectivity index (χ4v) is 4.03. The van der Waals surface area contributed by atoms with Crippen molar-refractivity contribution in [2.75, 3.05) is 6.26 Å². The average Bonchev–Trinajstić information content (AvgIpc) is 2.70. The van der Waals surface area contributed by atoms with E-state index in [9.17, 15) is 14.7 Å². The molecule has 1 aromatic heterocycles. The van der Waals surface area contributed by atoms with Gasteiger partial charge < -0.3 is 9.52 Å². The Labute approximate surface area is 168 Å². The van der Waals surface area contributed by atoms with Crippen LogP contribution in [0.3, 0.4) is 0 Å². The van der Waals surface area contributed by atoms with Crippen LogP contribution in [0.15, 0.2) is 44.4 Å². The van der Waals surface area contributed by atoms with E-state index >= 15 is 0 Å². The Morgan fingerprint density at radius 3 is 2.50 bits per heavy atom. The highest BCUT2D eigenvalue weighted by molar-refractivity contribution is 7.98. The Bertz CT molecular complexity index is 1050. The second-order valence-corrected chi connectivity index (χ2v) is 8.01. The highest BCUT2D eigenvalue weighted by Gasteiger charge is 2.15. The maximum atomic E-state index is 13.1. The molecule has 28 heavy (non-hydrogen) atoms. The molecular formula is C23H26O4S. The fraction of sp³-hybridized carbons (Fsp3) is 0.391. The standard InChI is InChI=1S/C23H26O4S/c1-3-4-5-6-7-8-9-15-12-17(28-2)14-19-21(24)18-13-16(23(25)26)10-11-20(18)27-22(15)19/h10-14H,3-9H2,1-2H3,(H,25,26). The zero-order valence-corrected chi connectivity index (χ0v) is 17.2. The minimum absolute atomic E-state index is 0.0903. The minimum Gasteiger partial charge on any atom is -0.478 e. The minimum atomic E-state index is -1.05. The van der Waals surface area contributed by atoms with Gasteiger partial charge in [-0.1, -0.05) is 39.0 Å². The molecule has 5 heteroatoms. The molecule has 2 aromatic carbocycles. The van der Waals surface area contributed by atoms with Gasteiger partial charge in [-0.25, -0.2) is 4.79 Å². The van der Waals surface area contributed by atoms with Gasteiger partial charge in [0.25, 0.3) is 0 Å². The monoisotopic (exact) mass is 398 g/mol. The summed E-state index contributed by atoms with van der Waals surface area (Å²) in [4.78, 5) is 25.3. The summed E-state index contributed by atoms with van der Waals surface area (Å²) in [6.45, 7) is 2.21. The Hall–Kier alpha value is -2.27. The number of rotatable bonds is 9. The van der Waals surface area contributed by atoms with E-state index in [-0.39, 0.29) is 11.0 Å². The van der Waals surface area contributed by atoms with Crippen molar-refractivity contribution in [3.63, 3.8) is 0 Å². The van der Waals surface area contributed by atoms with Crippen molar-refractivity contribution in [1.82, 2.24) is 0 Å². The maximum Gasteiger partial charge on any atom is 0.335 e. The quantitative estimate of drug-likeness (QED) is 0.261. The molecule has 0 saturated carbocycles. The first-order chi connectivity index (χ1) is 13.5. The molecule has 1 N–H and O–H groups in total. The third-order valence-electron chi connectivity index (χ3n) is 5.10. The van der Waals surface area contributed by atoms with Crippen molar-refractivity contribution in [3.8, 4) is 0 Å². The van der Waals surface area contributed by atoms with Crippen LogP contribution in [-0.4, -0.2) is 17.3 Å². The zero-order valence-electron chi connectivity index (χ0n) is 16.4. The SMILES string of the molecule is CCCCCCCCc1cc(SC)cc2c(=O)c3cc(C(=O)O)ccc3oc12. The third kappa shape index (κ3) is 4.41. The predicted molar refractivity (Wildman–Crippen MR) is 116 cm³/mol. The summed E-state index contributed by atoms with van der Waals surface area (Å²) in [6, 6.07) is 8.42. The van der Waals surface area contributed by atoms with Crippen LogP contribution < -0.4 is 5.43 Å². The summed E-state index contributed by atoms with van der Waals surface area (Å²) in [7, 11) is 0. The topological polar surface area (TPSA) is 67.5 Å². The van der Waals surface area contributed by atoms with Crippen LogP contribution >= 0.6 is 11.8 Å². The van der Waals surface area contributed by atoms with Gasteiger partial charge in [0.05, 0.1) is 16.3 Å². The van der Waals surface area contributed by atoms with E-state index in [0.717, 1.165) is 23.3 Å². The summed E-state index contributed by atoms with van der Waals surface area (Å²) in [6.07, 6.45) is 10.1. The normalized spacial score (nSPS) is 11.4. The molecular weight excluding hydrogens is 372 g/mol. The molecule has 3 rings (SSSR count). The highest BCUT2D eigenvalue weighted by Crippen LogP contribution is 2.29. The van der Waals surface area contributed by atoms with Crippen LogP contribution in [0.1, 0.15) is 61.4 Å². The van der Waals surface area contributed by atoms with E-state index < -0.39 is 5.97 Å². The number of hydrogen-bond acceptors (Lipinski definition) is 4. The van der Waals surface area contributed by atoms with Crippen molar-refractivity contribution in [2.45, 2.75) is 56.8 Å². The van der Waals surface area contributed by atoms with E-state index in [1.165, 1.54) is 44.2 Å². The van der Waals surface area contributed by atoms with Crippen molar-refractivity contribution in [2.24, 2.45) is 0 Å². The lowest BCUT2D eigenvalue weighted by molar-refractivity contribution is 0.0697. The first kappa shape index (κ1) is 20.5. The number of aryl methyl sites for hydroxylation is 1. The van der Waals surface area contributed by atoms with Gasteiger partial charge in [-0.15, -0.1) is 11.8 Å². The number of hydrogen-bond donors (Lipinski definition) is 1. The van der Waals surface area contributed by atoms with Crippen LogP contribution in [0, 0.1) is 0 Å². The van der Waals surface area contributed by atoms with E-state index in [4.69, 9.17) is 4.42 Å². The van der Waals surface area contributed by atoms with Crippen molar-refractivity contribution < 1.29 is 14.3 Å². The van der Waals surface area contributed by atoms with Crippen molar-refractivity contribution >= 4 is 39.7 Å². The van der Waals surface area contributed by atoms with Crippen LogP contribution in [0.4, 0.5) is 0 Å². The van der Waals surface area contributed by atoms with E-state index in [0.29, 0.717) is 21.9 Å². The second kappa shape index (κ2) is 9.28. The van der Waals surface area contributed by atoms with E-state index in [1.807, 2.05) is 12.3 Å². The molecule has 0 saturated heterocycles. The molecule has 0 amide bonds. The van der Waals surface area contributed by atoms with Gasteiger partial charge in [0.2, 0.25) is 5.43 Å². The van der Waals surface area contributed by atoms with Crippen LogP contribution in [-0.2, 0) is 6.42 Å².